The summed E-state index contributed by atoms with van der Waals surface area (Å²) < 4.78 is 0. The molecule has 0 spiro atoms. The third-order valence-electron chi connectivity index (χ3n) is 3.51. The van der Waals surface area contributed by atoms with Gasteiger partial charge in [-0.2, -0.15) is 0 Å². The molecule has 4 nitrogen and oxygen atoms in total. The van der Waals surface area contributed by atoms with E-state index in [-0.39, 0.29) is 30.7 Å². The average molecular weight is 369 g/mol. The summed E-state index contributed by atoms with van der Waals surface area (Å²) in [6, 6.07) is 7.91. The zero-order chi connectivity index (χ0) is 14.8. The van der Waals surface area contributed by atoms with Gasteiger partial charge >= 0.3 is 0 Å². The zero-order valence-corrected chi connectivity index (χ0v) is 15.3. The van der Waals surface area contributed by atoms with Crippen molar-refractivity contribution in [1.29, 1.82) is 0 Å². The Labute approximate surface area is 149 Å². The first-order chi connectivity index (χ1) is 9.36. The predicted molar refractivity (Wildman–Crippen MR) is 96.1 cm³/mol. The minimum absolute atomic E-state index is 0. The smallest absolute Gasteiger partial charge is 0.242 e. The van der Waals surface area contributed by atoms with Gasteiger partial charge < -0.3 is 10.6 Å². The van der Waals surface area contributed by atoms with Crippen LogP contribution < -0.4 is 5.73 Å². The first kappa shape index (κ1) is 21.5. The van der Waals surface area contributed by atoms with Gasteiger partial charge in [-0.1, -0.05) is 23.7 Å². The van der Waals surface area contributed by atoms with Gasteiger partial charge in [-0.3, -0.25) is 9.69 Å². The maximum Gasteiger partial charge on any atom is 0.242 e. The number of hydrogen-bond donors (Lipinski definition) is 1. The lowest BCUT2D eigenvalue weighted by molar-refractivity contribution is -0.137. The van der Waals surface area contributed by atoms with Crippen molar-refractivity contribution in [1.82, 2.24) is 9.80 Å². The summed E-state index contributed by atoms with van der Waals surface area (Å²) in [7, 11) is 0. The van der Waals surface area contributed by atoms with E-state index < -0.39 is 5.54 Å². The van der Waals surface area contributed by atoms with E-state index in [4.69, 9.17) is 17.3 Å². The summed E-state index contributed by atoms with van der Waals surface area (Å²) in [6.45, 7) is 7.60. The molecule has 1 saturated heterocycles. The van der Waals surface area contributed by atoms with Crippen LogP contribution in [0.4, 0.5) is 0 Å². The minimum atomic E-state index is -0.783. The van der Waals surface area contributed by atoms with Crippen molar-refractivity contribution in [3.8, 4) is 0 Å². The number of nitrogens with zero attached hydrogens (tertiary/aromatic N) is 2. The Morgan fingerprint density at radius 1 is 1.23 bits per heavy atom. The number of carbonyl (C=O) groups excluding carboxylic acids is 1. The predicted octanol–water partition coefficient (Wildman–Crippen LogP) is 2.57. The lowest BCUT2D eigenvalue weighted by atomic mass is 10.0. The molecule has 126 valence electrons. The van der Waals surface area contributed by atoms with E-state index in [0.29, 0.717) is 0 Å². The van der Waals surface area contributed by atoms with Crippen molar-refractivity contribution < 1.29 is 4.79 Å². The lowest BCUT2D eigenvalue weighted by Gasteiger charge is -2.37. The van der Waals surface area contributed by atoms with Crippen LogP contribution in [0.5, 0.6) is 0 Å². The molecule has 1 aromatic rings. The highest BCUT2D eigenvalue weighted by atomic mass is 35.5. The second-order valence-corrected chi connectivity index (χ2v) is 6.36. The Bertz CT molecular complexity index is 483. The molecule has 0 saturated carbocycles. The molecule has 22 heavy (non-hydrogen) atoms. The zero-order valence-electron chi connectivity index (χ0n) is 12.9. The normalized spacial score (nSPS) is 15.7. The van der Waals surface area contributed by atoms with E-state index in [0.717, 1.165) is 37.7 Å². The van der Waals surface area contributed by atoms with Gasteiger partial charge in [0.2, 0.25) is 5.91 Å². The van der Waals surface area contributed by atoms with Crippen LogP contribution in [0.2, 0.25) is 5.02 Å². The van der Waals surface area contributed by atoms with Crippen LogP contribution >= 0.6 is 36.4 Å². The number of amides is 1. The van der Waals surface area contributed by atoms with Gasteiger partial charge in [0.25, 0.3) is 0 Å². The molecule has 0 radical (unpaired) electrons. The molecular weight excluding hydrogens is 345 g/mol. The third kappa shape index (κ3) is 5.94. The fourth-order valence-corrected chi connectivity index (χ4v) is 2.62. The van der Waals surface area contributed by atoms with Crippen LogP contribution in [-0.4, -0.2) is 47.4 Å². The van der Waals surface area contributed by atoms with E-state index >= 15 is 0 Å². The van der Waals surface area contributed by atoms with Gasteiger partial charge in [0.15, 0.2) is 0 Å². The van der Waals surface area contributed by atoms with Crippen molar-refractivity contribution in [3.05, 3.63) is 34.9 Å². The minimum Gasteiger partial charge on any atom is -0.339 e. The lowest BCUT2D eigenvalue weighted by Crippen LogP contribution is -2.56. The van der Waals surface area contributed by atoms with Crippen LogP contribution in [0.3, 0.4) is 0 Å². The van der Waals surface area contributed by atoms with Crippen LogP contribution in [0, 0.1) is 0 Å². The molecule has 0 aromatic heterocycles. The Morgan fingerprint density at radius 2 is 1.82 bits per heavy atom. The Balaban J connectivity index is 0.00000220. The van der Waals surface area contributed by atoms with E-state index in [1.54, 1.807) is 13.8 Å². The Morgan fingerprint density at radius 3 is 2.32 bits per heavy atom. The maximum atomic E-state index is 12.1. The van der Waals surface area contributed by atoms with E-state index in [9.17, 15) is 4.79 Å². The molecule has 0 bridgehead atoms. The maximum absolute atomic E-state index is 12.1. The molecule has 0 unspecified atom stereocenters. The van der Waals surface area contributed by atoms with Crippen molar-refractivity contribution in [2.24, 2.45) is 5.73 Å². The van der Waals surface area contributed by atoms with Crippen LogP contribution in [0.1, 0.15) is 19.4 Å². The van der Waals surface area contributed by atoms with Gasteiger partial charge in [0.05, 0.1) is 5.54 Å². The first-order valence-corrected chi connectivity index (χ1v) is 7.29. The first-order valence-electron chi connectivity index (χ1n) is 6.91. The number of nitrogens with two attached hydrogens (primary N) is 1. The number of benzene rings is 1. The molecule has 1 aliphatic rings. The summed E-state index contributed by atoms with van der Waals surface area (Å²) in [4.78, 5) is 16.3. The third-order valence-corrected chi connectivity index (χ3v) is 3.74. The number of hydrogen-bond acceptors (Lipinski definition) is 3. The quantitative estimate of drug-likeness (QED) is 0.892. The molecule has 1 heterocycles. The highest BCUT2D eigenvalue weighted by Gasteiger charge is 2.30. The van der Waals surface area contributed by atoms with E-state index in [1.165, 1.54) is 5.56 Å². The molecule has 1 amide bonds. The fourth-order valence-electron chi connectivity index (χ4n) is 2.41. The van der Waals surface area contributed by atoms with Crippen molar-refractivity contribution >= 4 is 42.3 Å². The van der Waals surface area contributed by atoms with Crippen molar-refractivity contribution in [2.45, 2.75) is 25.9 Å². The van der Waals surface area contributed by atoms with Crippen LogP contribution in [0.15, 0.2) is 24.3 Å². The molecule has 1 fully saturated rings. The second-order valence-electron chi connectivity index (χ2n) is 5.92. The van der Waals surface area contributed by atoms with E-state index in [2.05, 4.69) is 11.0 Å². The van der Waals surface area contributed by atoms with Crippen LogP contribution in [0.25, 0.3) is 0 Å². The summed E-state index contributed by atoms with van der Waals surface area (Å²) >= 11 is 5.99. The number of carbonyl (C=O) groups is 1. The van der Waals surface area contributed by atoms with Crippen molar-refractivity contribution in [2.75, 3.05) is 26.2 Å². The van der Waals surface area contributed by atoms with Gasteiger partial charge in [0.1, 0.15) is 0 Å². The largest absolute Gasteiger partial charge is 0.339 e. The summed E-state index contributed by atoms with van der Waals surface area (Å²) in [5.74, 6) is 0.0277. The molecule has 2 N–H and O–H groups in total. The van der Waals surface area contributed by atoms with Gasteiger partial charge in [0, 0.05) is 37.7 Å². The summed E-state index contributed by atoms with van der Waals surface area (Å²) in [6.07, 6.45) is 0. The second kappa shape index (κ2) is 8.94. The van der Waals surface area contributed by atoms with Gasteiger partial charge in [-0.15, -0.1) is 24.8 Å². The molecular formula is C15H24Cl3N3O. The fraction of sp³-hybridized carbons (Fsp3) is 0.533. The van der Waals surface area contributed by atoms with Gasteiger partial charge in [-0.05, 0) is 31.5 Å². The molecule has 1 aromatic carbocycles. The summed E-state index contributed by atoms with van der Waals surface area (Å²) in [5, 5.41) is 0.765. The molecule has 2 rings (SSSR count). The molecule has 0 atom stereocenters. The van der Waals surface area contributed by atoms with Crippen molar-refractivity contribution in [3.63, 3.8) is 0 Å². The Kier molecular flexibility index (Phi) is 8.73. The number of piperazine rings is 1. The highest BCUT2D eigenvalue weighted by molar-refractivity contribution is 6.30. The standard InChI is InChI=1S/C15H22ClN3O.2ClH/c1-15(2,17)14(20)19-8-6-18(7-9-19)11-12-4-3-5-13(16)10-12;;/h3-5,10H,6-9,11,17H2,1-2H3;2*1H. The van der Waals surface area contributed by atoms with Gasteiger partial charge in [-0.25, -0.2) is 0 Å². The molecule has 1 aliphatic heterocycles. The van der Waals surface area contributed by atoms with E-state index in [1.807, 2.05) is 23.1 Å². The average Bonchev–Trinajstić information content (AvgIpc) is 2.38. The monoisotopic (exact) mass is 367 g/mol. The Hall–Kier alpha value is -0.520. The number of halogens is 3. The highest BCUT2D eigenvalue weighted by Crippen LogP contribution is 2.15. The number of rotatable bonds is 3. The SMILES string of the molecule is CC(C)(N)C(=O)N1CCN(Cc2cccc(Cl)c2)CC1.Cl.Cl. The van der Waals surface area contributed by atoms with Crippen LogP contribution in [-0.2, 0) is 11.3 Å². The topological polar surface area (TPSA) is 49.6 Å². The summed E-state index contributed by atoms with van der Waals surface area (Å²) in [5.41, 5.74) is 6.29. The molecule has 7 heteroatoms. The molecule has 0 aliphatic carbocycles.